The second-order valence-corrected chi connectivity index (χ2v) is 9.20. The lowest BCUT2D eigenvalue weighted by Gasteiger charge is -2.20. The van der Waals surface area contributed by atoms with Crippen molar-refractivity contribution in [3.05, 3.63) is 64.2 Å². The normalized spacial score (nSPS) is 32.6. The molecule has 0 aromatic heterocycles. The van der Waals surface area contributed by atoms with Crippen molar-refractivity contribution in [2.24, 2.45) is 5.92 Å². The molecule has 1 aromatic rings. The number of carbonyl (C=O) groups excluding carboxylic acids is 2. The third-order valence-electron chi connectivity index (χ3n) is 6.12. The molecular formula is C24H25BrO5. The molecule has 6 heteroatoms. The van der Waals surface area contributed by atoms with Gasteiger partial charge in [-0.25, -0.2) is 9.59 Å². The number of esters is 2. The number of epoxide rings is 1. The summed E-state index contributed by atoms with van der Waals surface area (Å²) >= 11 is 3.39. The lowest BCUT2D eigenvalue weighted by atomic mass is 9.84. The summed E-state index contributed by atoms with van der Waals surface area (Å²) in [5, 5.41) is 0. The first-order valence-corrected chi connectivity index (χ1v) is 11.0. The van der Waals surface area contributed by atoms with E-state index in [9.17, 15) is 9.59 Å². The van der Waals surface area contributed by atoms with Crippen LogP contribution in [0.1, 0.15) is 38.2 Å². The summed E-state index contributed by atoms with van der Waals surface area (Å²) in [5.41, 5.74) is 2.23. The predicted octanol–water partition coefficient (Wildman–Crippen LogP) is 4.76. The maximum atomic E-state index is 12.1. The molecule has 158 valence electrons. The van der Waals surface area contributed by atoms with E-state index in [4.69, 9.17) is 14.2 Å². The first-order chi connectivity index (χ1) is 14.4. The fraction of sp³-hybridized carbons (Fsp3) is 0.417. The van der Waals surface area contributed by atoms with E-state index in [0.717, 1.165) is 41.3 Å². The number of fused-ring (bicyclic) bond motifs is 3. The Balaban J connectivity index is 1.37. The minimum absolute atomic E-state index is 0.0535. The van der Waals surface area contributed by atoms with Crippen molar-refractivity contribution in [3.63, 3.8) is 0 Å². The Morgan fingerprint density at radius 2 is 2.13 bits per heavy atom. The Morgan fingerprint density at radius 1 is 1.37 bits per heavy atom. The SMILES string of the molecule is C=C1C(=O)O[C@H]2[C@H]1CC/C(COC(=O)/C=C/c1ccc(Br)cc1)=C\CC[C@@]1(C)O[C@@H]21. The number of ether oxygens (including phenoxy) is 3. The maximum absolute atomic E-state index is 12.1. The van der Waals surface area contributed by atoms with Gasteiger partial charge in [0.15, 0.2) is 0 Å². The molecule has 2 aliphatic heterocycles. The van der Waals surface area contributed by atoms with Gasteiger partial charge in [-0.05, 0) is 62.0 Å². The fourth-order valence-corrected chi connectivity index (χ4v) is 4.47. The molecule has 2 fully saturated rings. The molecule has 5 nitrogen and oxygen atoms in total. The van der Waals surface area contributed by atoms with Crippen molar-refractivity contribution in [1.82, 2.24) is 0 Å². The second-order valence-electron chi connectivity index (χ2n) is 8.29. The van der Waals surface area contributed by atoms with Gasteiger partial charge in [0.1, 0.15) is 18.8 Å². The van der Waals surface area contributed by atoms with Crippen LogP contribution in [0.2, 0.25) is 0 Å². The number of hydrogen-bond donors (Lipinski definition) is 0. The molecule has 0 amide bonds. The summed E-state index contributed by atoms with van der Waals surface area (Å²) in [6, 6.07) is 7.67. The predicted molar refractivity (Wildman–Crippen MR) is 116 cm³/mol. The molecule has 3 aliphatic rings. The van der Waals surface area contributed by atoms with E-state index < -0.39 is 0 Å². The number of halogens is 1. The third kappa shape index (κ3) is 4.60. The molecule has 4 atom stereocenters. The summed E-state index contributed by atoms with van der Waals surface area (Å²) < 4.78 is 17.9. The summed E-state index contributed by atoms with van der Waals surface area (Å²) in [6.45, 7) is 6.23. The number of rotatable bonds is 4. The average Bonchev–Trinajstić information content (AvgIpc) is 3.31. The van der Waals surface area contributed by atoms with Crippen LogP contribution >= 0.6 is 15.9 Å². The molecule has 0 spiro atoms. The lowest BCUT2D eigenvalue weighted by Crippen LogP contribution is -2.29. The van der Waals surface area contributed by atoms with Gasteiger partial charge in [0.05, 0.1) is 5.60 Å². The Kier molecular flexibility index (Phi) is 5.98. The summed E-state index contributed by atoms with van der Waals surface area (Å²) in [6.07, 6.45) is 8.12. The number of allylic oxidation sites excluding steroid dienone is 1. The van der Waals surface area contributed by atoms with Gasteiger partial charge in [0.2, 0.25) is 0 Å². The molecule has 2 heterocycles. The molecular weight excluding hydrogens is 448 g/mol. The van der Waals surface area contributed by atoms with Crippen LogP contribution in [0.25, 0.3) is 6.08 Å². The van der Waals surface area contributed by atoms with Gasteiger partial charge in [0, 0.05) is 22.0 Å². The van der Waals surface area contributed by atoms with E-state index >= 15 is 0 Å². The van der Waals surface area contributed by atoms with Gasteiger partial charge in [-0.15, -0.1) is 0 Å². The van der Waals surface area contributed by atoms with Gasteiger partial charge < -0.3 is 14.2 Å². The zero-order valence-electron chi connectivity index (χ0n) is 16.9. The Morgan fingerprint density at radius 3 is 2.90 bits per heavy atom. The molecule has 1 aliphatic carbocycles. The van der Waals surface area contributed by atoms with Gasteiger partial charge in [-0.3, -0.25) is 0 Å². The zero-order chi connectivity index (χ0) is 21.3. The Bertz CT molecular complexity index is 916. The number of hydrogen-bond acceptors (Lipinski definition) is 5. The topological polar surface area (TPSA) is 65.1 Å². The van der Waals surface area contributed by atoms with Crippen molar-refractivity contribution in [2.45, 2.75) is 50.4 Å². The molecule has 0 saturated carbocycles. The van der Waals surface area contributed by atoms with Crippen molar-refractivity contribution >= 4 is 33.9 Å². The molecule has 4 rings (SSSR count). The minimum Gasteiger partial charge on any atom is -0.458 e. The Labute approximate surface area is 184 Å². The van der Waals surface area contributed by atoms with Crippen LogP contribution in [0.5, 0.6) is 0 Å². The maximum Gasteiger partial charge on any atom is 0.334 e. The van der Waals surface area contributed by atoms with E-state index in [1.807, 2.05) is 24.3 Å². The van der Waals surface area contributed by atoms with Crippen molar-refractivity contribution in [2.75, 3.05) is 6.61 Å². The molecule has 0 radical (unpaired) electrons. The molecule has 0 bridgehead atoms. The van der Waals surface area contributed by atoms with Crippen LogP contribution in [0.15, 0.2) is 58.6 Å². The standard InChI is InChI=1S/C24H25BrO5/c1-15-19-11-7-17(4-3-13-24(2)22(30-24)21(19)29-23(15)27)14-28-20(26)12-8-16-5-9-18(25)10-6-16/h4-6,8-10,12,19,21-22H,1,3,7,11,13-14H2,2H3/b12-8+,17-4+/t19-,21-,22-,24+/m0/s1. The average molecular weight is 473 g/mol. The summed E-state index contributed by atoms with van der Waals surface area (Å²) in [7, 11) is 0. The third-order valence-corrected chi connectivity index (χ3v) is 6.65. The van der Waals surface area contributed by atoms with Crippen LogP contribution < -0.4 is 0 Å². The molecule has 30 heavy (non-hydrogen) atoms. The van der Waals surface area contributed by atoms with Crippen LogP contribution in [0.4, 0.5) is 0 Å². The van der Waals surface area contributed by atoms with Gasteiger partial charge >= 0.3 is 11.9 Å². The molecule has 0 N–H and O–H groups in total. The quantitative estimate of drug-likeness (QED) is 0.273. The summed E-state index contributed by atoms with van der Waals surface area (Å²) in [4.78, 5) is 24.2. The highest BCUT2D eigenvalue weighted by Gasteiger charge is 2.61. The zero-order valence-corrected chi connectivity index (χ0v) is 18.5. The van der Waals surface area contributed by atoms with Crippen molar-refractivity contribution < 1.29 is 23.8 Å². The van der Waals surface area contributed by atoms with Crippen LogP contribution in [-0.4, -0.2) is 36.4 Å². The first-order valence-electron chi connectivity index (χ1n) is 10.2. The van der Waals surface area contributed by atoms with Crippen LogP contribution in [0, 0.1) is 5.92 Å². The van der Waals surface area contributed by atoms with Gasteiger partial charge in [-0.2, -0.15) is 0 Å². The van der Waals surface area contributed by atoms with Crippen LogP contribution in [-0.2, 0) is 23.8 Å². The van der Waals surface area contributed by atoms with E-state index in [2.05, 4.69) is 35.5 Å². The summed E-state index contributed by atoms with van der Waals surface area (Å²) in [5.74, 6) is -0.758. The highest BCUT2D eigenvalue weighted by Crippen LogP contribution is 2.49. The van der Waals surface area contributed by atoms with Crippen molar-refractivity contribution in [1.29, 1.82) is 0 Å². The first kappa shape index (κ1) is 21.1. The highest BCUT2D eigenvalue weighted by atomic mass is 79.9. The smallest absolute Gasteiger partial charge is 0.334 e. The molecule has 2 saturated heterocycles. The van der Waals surface area contributed by atoms with E-state index in [0.29, 0.717) is 5.57 Å². The Hall–Kier alpha value is -2.18. The fourth-order valence-electron chi connectivity index (χ4n) is 4.20. The second kappa shape index (κ2) is 8.52. The largest absolute Gasteiger partial charge is 0.458 e. The van der Waals surface area contributed by atoms with Crippen LogP contribution in [0.3, 0.4) is 0 Å². The van der Waals surface area contributed by atoms with Gasteiger partial charge in [-0.1, -0.05) is 40.7 Å². The van der Waals surface area contributed by atoms with E-state index in [-0.39, 0.29) is 42.3 Å². The van der Waals surface area contributed by atoms with Gasteiger partial charge in [0.25, 0.3) is 0 Å². The highest BCUT2D eigenvalue weighted by molar-refractivity contribution is 9.10. The molecule has 1 aromatic carbocycles. The van der Waals surface area contributed by atoms with E-state index in [1.54, 1.807) is 6.08 Å². The minimum atomic E-state index is -0.380. The van der Waals surface area contributed by atoms with E-state index in [1.165, 1.54) is 6.08 Å². The number of benzene rings is 1. The van der Waals surface area contributed by atoms with Crippen molar-refractivity contribution in [3.8, 4) is 0 Å². The lowest BCUT2D eigenvalue weighted by molar-refractivity contribution is -0.140. The monoisotopic (exact) mass is 472 g/mol. The molecule has 0 unspecified atom stereocenters. The number of carbonyl (C=O) groups is 2.